The Bertz CT molecular complexity index is 918. The maximum atomic E-state index is 12.5. The van der Waals surface area contributed by atoms with Gasteiger partial charge in [0.15, 0.2) is 11.6 Å². The van der Waals surface area contributed by atoms with Gasteiger partial charge in [-0.05, 0) is 29.8 Å². The number of hydrogen-bond acceptors (Lipinski definition) is 4. The fraction of sp³-hybridized carbons (Fsp3) is 0.364. The number of benzene rings is 2. The summed E-state index contributed by atoms with van der Waals surface area (Å²) in [6.07, 6.45) is 2.25. The molecular formula is C22H27N4OS+. The zero-order chi connectivity index (χ0) is 19.5. The Hall–Kier alpha value is -2.44. The Kier molecular flexibility index (Phi) is 5.59. The van der Waals surface area contributed by atoms with Gasteiger partial charge in [-0.3, -0.25) is 4.79 Å². The summed E-state index contributed by atoms with van der Waals surface area (Å²) in [4.78, 5) is 20.8. The molecule has 28 heavy (non-hydrogen) atoms. The Balaban J connectivity index is 1.35. The molecule has 1 fully saturated rings. The van der Waals surface area contributed by atoms with Crippen LogP contribution in [0.5, 0.6) is 0 Å². The number of para-hydroxylation sites is 1. The van der Waals surface area contributed by atoms with E-state index in [1.807, 2.05) is 20.2 Å². The third-order valence-corrected chi connectivity index (χ3v) is 6.57. The molecule has 3 aromatic rings. The molecular weight excluding hydrogens is 368 g/mol. The van der Waals surface area contributed by atoms with Gasteiger partial charge in [-0.15, -0.1) is 11.3 Å². The first kappa shape index (κ1) is 18.9. The van der Waals surface area contributed by atoms with Crippen LogP contribution in [-0.2, 0) is 11.3 Å². The first-order chi connectivity index (χ1) is 13.6. The van der Waals surface area contributed by atoms with Crippen molar-refractivity contribution >= 4 is 33.1 Å². The van der Waals surface area contributed by atoms with Crippen LogP contribution in [0, 0.1) is 0 Å². The normalized spacial score (nSPS) is 19.1. The van der Waals surface area contributed by atoms with Gasteiger partial charge < -0.3 is 15.1 Å². The molecule has 2 atom stereocenters. The minimum atomic E-state index is 0.111. The second-order valence-electron chi connectivity index (χ2n) is 7.64. The largest absolute Gasteiger partial charge is 0.378 e. The monoisotopic (exact) mass is 395 g/mol. The minimum absolute atomic E-state index is 0.111. The molecule has 1 aromatic heterocycles. The second kappa shape index (κ2) is 8.29. The fourth-order valence-corrected chi connectivity index (χ4v) is 5.00. The molecule has 0 bridgehead atoms. The number of anilines is 1. The standard InChI is InChI=1S/C22H26N4OS/c1-25(2)17-11-9-16(10-12-17)14-23-21(27)15-26-13-5-7-19(26)22-24-18-6-3-4-8-20(18)28-22/h3-4,6,8-12,19H,5,7,13-15H2,1-2H3,(H,23,27)/p+1/t19-/m0/s1. The summed E-state index contributed by atoms with van der Waals surface area (Å²) >= 11 is 1.77. The van der Waals surface area contributed by atoms with E-state index in [4.69, 9.17) is 4.98 Å². The fourth-order valence-electron chi connectivity index (χ4n) is 3.84. The molecule has 2 heterocycles. The van der Waals surface area contributed by atoms with E-state index in [1.165, 1.54) is 14.6 Å². The number of thiazole rings is 1. The number of hydrogen-bond donors (Lipinski definition) is 2. The lowest BCUT2D eigenvalue weighted by atomic mass is 10.2. The van der Waals surface area contributed by atoms with Crippen molar-refractivity contribution in [2.24, 2.45) is 0 Å². The lowest BCUT2D eigenvalue weighted by molar-refractivity contribution is -0.910. The van der Waals surface area contributed by atoms with E-state index < -0.39 is 0 Å². The number of aromatic nitrogens is 1. The van der Waals surface area contributed by atoms with Crippen molar-refractivity contribution < 1.29 is 9.69 Å². The van der Waals surface area contributed by atoms with Gasteiger partial charge in [0.2, 0.25) is 0 Å². The van der Waals surface area contributed by atoms with E-state index in [1.54, 1.807) is 11.3 Å². The van der Waals surface area contributed by atoms with Gasteiger partial charge in [-0.1, -0.05) is 24.3 Å². The number of likely N-dealkylation sites (tertiary alicyclic amines) is 1. The quantitative estimate of drug-likeness (QED) is 0.674. The van der Waals surface area contributed by atoms with Crippen molar-refractivity contribution in [3.05, 3.63) is 59.1 Å². The van der Waals surface area contributed by atoms with Crippen LogP contribution in [0.2, 0.25) is 0 Å². The molecule has 5 nitrogen and oxygen atoms in total. The molecule has 1 aliphatic rings. The van der Waals surface area contributed by atoms with Crippen molar-refractivity contribution in [2.45, 2.75) is 25.4 Å². The molecule has 2 aromatic carbocycles. The average Bonchev–Trinajstić information content (AvgIpc) is 3.33. The number of rotatable bonds is 6. The Morgan fingerprint density at radius 1 is 1.21 bits per heavy atom. The van der Waals surface area contributed by atoms with E-state index >= 15 is 0 Å². The van der Waals surface area contributed by atoms with Crippen molar-refractivity contribution in [1.82, 2.24) is 10.3 Å². The summed E-state index contributed by atoms with van der Waals surface area (Å²) in [5.74, 6) is 0.111. The summed E-state index contributed by atoms with van der Waals surface area (Å²) < 4.78 is 1.23. The Morgan fingerprint density at radius 2 is 2.00 bits per heavy atom. The molecule has 0 aliphatic carbocycles. The van der Waals surface area contributed by atoms with Crippen LogP contribution in [0.1, 0.15) is 29.5 Å². The number of amides is 1. The van der Waals surface area contributed by atoms with E-state index in [9.17, 15) is 4.79 Å². The zero-order valence-corrected chi connectivity index (χ0v) is 17.3. The lowest BCUT2D eigenvalue weighted by Gasteiger charge is -2.19. The molecule has 1 amide bonds. The highest BCUT2D eigenvalue weighted by atomic mass is 32.1. The van der Waals surface area contributed by atoms with Gasteiger partial charge in [-0.25, -0.2) is 4.98 Å². The van der Waals surface area contributed by atoms with Crippen LogP contribution < -0.4 is 15.1 Å². The van der Waals surface area contributed by atoms with Crippen molar-refractivity contribution in [3.63, 3.8) is 0 Å². The molecule has 2 N–H and O–H groups in total. The number of quaternary nitrogens is 1. The number of nitrogens with one attached hydrogen (secondary N) is 2. The topological polar surface area (TPSA) is 49.7 Å². The Labute approximate surface area is 170 Å². The van der Waals surface area contributed by atoms with Crippen LogP contribution in [0.4, 0.5) is 5.69 Å². The van der Waals surface area contributed by atoms with E-state index in [2.05, 4.69) is 52.7 Å². The smallest absolute Gasteiger partial charge is 0.275 e. The number of nitrogens with zero attached hydrogens (tertiary/aromatic N) is 2. The second-order valence-corrected chi connectivity index (χ2v) is 8.70. The molecule has 0 spiro atoms. The average molecular weight is 396 g/mol. The van der Waals surface area contributed by atoms with Crippen LogP contribution in [0.3, 0.4) is 0 Å². The first-order valence-corrected chi connectivity index (χ1v) is 10.6. The minimum Gasteiger partial charge on any atom is -0.378 e. The SMILES string of the molecule is CN(C)c1ccc(CNC(=O)C[NH+]2CCC[C@H]2c2nc3ccccc3s2)cc1. The molecule has 1 saturated heterocycles. The molecule has 146 valence electrons. The third-order valence-electron chi connectivity index (χ3n) is 5.42. The van der Waals surface area contributed by atoms with Crippen molar-refractivity contribution in [3.8, 4) is 0 Å². The number of carbonyl (C=O) groups excluding carboxylic acids is 1. The zero-order valence-electron chi connectivity index (χ0n) is 16.4. The summed E-state index contributed by atoms with van der Waals surface area (Å²) in [7, 11) is 4.05. The van der Waals surface area contributed by atoms with Gasteiger partial charge in [0.25, 0.3) is 5.91 Å². The number of carbonyl (C=O) groups is 1. The molecule has 1 unspecified atom stereocenters. The maximum Gasteiger partial charge on any atom is 0.275 e. The van der Waals surface area contributed by atoms with Crippen LogP contribution in [0.15, 0.2) is 48.5 Å². The van der Waals surface area contributed by atoms with Crippen LogP contribution >= 0.6 is 11.3 Å². The van der Waals surface area contributed by atoms with E-state index in [0.29, 0.717) is 19.1 Å². The van der Waals surface area contributed by atoms with E-state index in [-0.39, 0.29) is 5.91 Å². The maximum absolute atomic E-state index is 12.5. The summed E-state index contributed by atoms with van der Waals surface area (Å²) in [6.45, 7) is 2.12. The molecule has 0 saturated carbocycles. The third kappa shape index (κ3) is 4.18. The van der Waals surface area contributed by atoms with Gasteiger partial charge >= 0.3 is 0 Å². The first-order valence-electron chi connectivity index (χ1n) is 9.83. The van der Waals surface area contributed by atoms with Gasteiger partial charge in [0, 0.05) is 39.2 Å². The molecule has 1 aliphatic heterocycles. The number of fused-ring (bicyclic) bond motifs is 1. The predicted molar refractivity (Wildman–Crippen MR) is 115 cm³/mol. The summed E-state index contributed by atoms with van der Waals surface area (Å²) in [6, 6.07) is 16.9. The van der Waals surface area contributed by atoms with E-state index in [0.717, 1.165) is 36.2 Å². The predicted octanol–water partition coefficient (Wildman–Crippen LogP) is 2.40. The van der Waals surface area contributed by atoms with Gasteiger partial charge in [0.05, 0.1) is 16.8 Å². The highest BCUT2D eigenvalue weighted by molar-refractivity contribution is 7.18. The highest BCUT2D eigenvalue weighted by Gasteiger charge is 2.33. The van der Waals surface area contributed by atoms with Crippen LogP contribution in [-0.4, -0.2) is 38.1 Å². The Morgan fingerprint density at radius 3 is 2.75 bits per heavy atom. The summed E-state index contributed by atoms with van der Waals surface area (Å²) in [5.41, 5.74) is 3.35. The van der Waals surface area contributed by atoms with Gasteiger partial charge in [0.1, 0.15) is 6.04 Å². The highest BCUT2D eigenvalue weighted by Crippen LogP contribution is 2.28. The van der Waals surface area contributed by atoms with Gasteiger partial charge in [-0.2, -0.15) is 0 Å². The molecule has 0 radical (unpaired) electrons. The van der Waals surface area contributed by atoms with Crippen LogP contribution in [0.25, 0.3) is 10.2 Å². The summed E-state index contributed by atoms with van der Waals surface area (Å²) in [5, 5.41) is 4.25. The molecule has 6 heteroatoms. The lowest BCUT2D eigenvalue weighted by Crippen LogP contribution is -3.11. The molecule has 4 rings (SSSR count). The van der Waals surface area contributed by atoms with Crippen molar-refractivity contribution in [2.75, 3.05) is 32.1 Å². The van der Waals surface area contributed by atoms with Crippen molar-refractivity contribution in [1.29, 1.82) is 0 Å².